The summed E-state index contributed by atoms with van der Waals surface area (Å²) in [6.07, 6.45) is 1.82. The number of rotatable bonds is 2. The Morgan fingerprint density at radius 3 is 2.17 bits per heavy atom. The highest BCUT2D eigenvalue weighted by Crippen LogP contribution is 2.43. The number of pyridine rings is 2. The standard InChI is InChI=1S/C33H21N3/c1-20-16-26(25-11-7-15-34-33(25)35-20)23-18-28-24-10-5-6-12-30(24)36-31-14-13-22(21-8-3-2-4-9-21)17-27(31)29(19-23)32(28)36/h2-19H,1H3. The third kappa shape index (κ3) is 2.63. The molecule has 36 heavy (non-hydrogen) atoms. The minimum absolute atomic E-state index is 0.790. The highest BCUT2D eigenvalue weighted by molar-refractivity contribution is 6.25. The number of hydrogen-bond donors (Lipinski definition) is 0. The van der Waals surface area contributed by atoms with Crippen molar-refractivity contribution >= 4 is 49.1 Å². The van der Waals surface area contributed by atoms with Gasteiger partial charge in [-0.2, -0.15) is 0 Å². The first-order valence-corrected chi connectivity index (χ1v) is 12.3. The van der Waals surface area contributed by atoms with Crippen LogP contribution in [0, 0.1) is 6.92 Å². The maximum absolute atomic E-state index is 4.68. The smallest absolute Gasteiger partial charge is 0.159 e. The van der Waals surface area contributed by atoms with Gasteiger partial charge in [0.05, 0.1) is 16.6 Å². The maximum Gasteiger partial charge on any atom is 0.159 e. The second kappa shape index (κ2) is 7.12. The summed E-state index contributed by atoms with van der Waals surface area (Å²) in [7, 11) is 0. The van der Waals surface area contributed by atoms with Crippen LogP contribution >= 0.6 is 0 Å². The zero-order chi connectivity index (χ0) is 23.8. The Morgan fingerprint density at radius 1 is 0.556 bits per heavy atom. The second-order valence-corrected chi connectivity index (χ2v) is 9.56. The molecular weight excluding hydrogens is 438 g/mol. The fraction of sp³-hybridized carbons (Fsp3) is 0.0303. The molecule has 4 aromatic heterocycles. The molecule has 0 aliphatic rings. The van der Waals surface area contributed by atoms with Crippen molar-refractivity contribution in [2.24, 2.45) is 0 Å². The fourth-order valence-corrected chi connectivity index (χ4v) is 5.89. The molecule has 0 radical (unpaired) electrons. The lowest BCUT2D eigenvalue weighted by atomic mass is 9.96. The van der Waals surface area contributed by atoms with E-state index in [9.17, 15) is 0 Å². The predicted molar refractivity (Wildman–Crippen MR) is 150 cm³/mol. The predicted octanol–water partition coefficient (Wildman–Crippen LogP) is 8.42. The van der Waals surface area contributed by atoms with Gasteiger partial charge in [-0.3, -0.25) is 0 Å². The molecule has 0 amide bonds. The molecule has 0 aliphatic carbocycles. The summed E-state index contributed by atoms with van der Waals surface area (Å²) in [6.45, 7) is 2.04. The Bertz CT molecular complexity index is 2100. The third-order valence-electron chi connectivity index (χ3n) is 7.43. The Morgan fingerprint density at radius 2 is 1.28 bits per heavy atom. The van der Waals surface area contributed by atoms with Crippen LogP contribution in [0.25, 0.3) is 71.4 Å². The van der Waals surface area contributed by atoms with Gasteiger partial charge in [0, 0.05) is 38.8 Å². The van der Waals surface area contributed by atoms with Crippen LogP contribution in [-0.4, -0.2) is 14.4 Å². The van der Waals surface area contributed by atoms with E-state index in [1.165, 1.54) is 60.3 Å². The zero-order valence-corrected chi connectivity index (χ0v) is 19.7. The van der Waals surface area contributed by atoms with Gasteiger partial charge in [-0.25, -0.2) is 9.97 Å². The molecule has 0 fully saturated rings. The summed E-state index contributed by atoms with van der Waals surface area (Å²) in [4.78, 5) is 9.23. The number of fused-ring (bicyclic) bond motifs is 7. The lowest BCUT2D eigenvalue weighted by molar-refractivity contribution is 1.20. The SMILES string of the molecule is Cc1cc(-c2cc3c4ccccc4n4c5ccc(-c6ccccc6)cc5c(c2)c34)c2cccnc2n1. The Kier molecular flexibility index (Phi) is 3.87. The minimum Gasteiger partial charge on any atom is -0.308 e. The number of benzene rings is 4. The van der Waals surface area contributed by atoms with Gasteiger partial charge in [0.1, 0.15) is 0 Å². The van der Waals surface area contributed by atoms with Crippen molar-refractivity contribution in [2.75, 3.05) is 0 Å². The van der Waals surface area contributed by atoms with Crippen molar-refractivity contribution < 1.29 is 0 Å². The van der Waals surface area contributed by atoms with Crippen LogP contribution in [0.2, 0.25) is 0 Å². The normalized spacial score (nSPS) is 12.0. The first-order chi connectivity index (χ1) is 17.8. The first kappa shape index (κ1) is 19.5. The topological polar surface area (TPSA) is 30.2 Å². The molecule has 3 heteroatoms. The fourth-order valence-electron chi connectivity index (χ4n) is 5.89. The molecule has 8 rings (SSSR count). The van der Waals surface area contributed by atoms with E-state index in [1.807, 2.05) is 19.2 Å². The van der Waals surface area contributed by atoms with Crippen LogP contribution in [0.4, 0.5) is 0 Å². The van der Waals surface area contributed by atoms with Crippen molar-refractivity contribution in [1.29, 1.82) is 0 Å². The summed E-state index contributed by atoms with van der Waals surface area (Å²) < 4.78 is 2.44. The van der Waals surface area contributed by atoms with Gasteiger partial charge in [0.15, 0.2) is 5.65 Å². The molecule has 4 aromatic carbocycles. The molecule has 0 unspecified atom stereocenters. The molecule has 0 saturated carbocycles. The third-order valence-corrected chi connectivity index (χ3v) is 7.43. The van der Waals surface area contributed by atoms with Crippen LogP contribution in [0.3, 0.4) is 0 Å². The van der Waals surface area contributed by atoms with Gasteiger partial charge >= 0.3 is 0 Å². The van der Waals surface area contributed by atoms with E-state index < -0.39 is 0 Å². The van der Waals surface area contributed by atoms with Crippen LogP contribution in [0.15, 0.2) is 109 Å². The lowest BCUT2D eigenvalue weighted by Crippen LogP contribution is -1.90. The Balaban J connectivity index is 1.54. The molecule has 0 spiro atoms. The van der Waals surface area contributed by atoms with E-state index >= 15 is 0 Å². The molecule has 0 aliphatic heterocycles. The Hall–Kier alpha value is -4.76. The van der Waals surface area contributed by atoms with Crippen molar-refractivity contribution in [1.82, 2.24) is 14.4 Å². The summed E-state index contributed by atoms with van der Waals surface area (Å²) in [6, 6.07) is 37.2. The van der Waals surface area contributed by atoms with Crippen LogP contribution in [0.5, 0.6) is 0 Å². The number of para-hydroxylation sites is 1. The number of aromatic nitrogens is 3. The maximum atomic E-state index is 4.68. The largest absolute Gasteiger partial charge is 0.308 e. The minimum atomic E-state index is 0.790. The van der Waals surface area contributed by atoms with E-state index in [1.54, 1.807) is 0 Å². The summed E-state index contributed by atoms with van der Waals surface area (Å²) in [5.74, 6) is 0. The van der Waals surface area contributed by atoms with E-state index in [0.29, 0.717) is 0 Å². The second-order valence-electron chi connectivity index (χ2n) is 9.56. The molecule has 8 aromatic rings. The molecule has 3 nitrogen and oxygen atoms in total. The van der Waals surface area contributed by atoms with Gasteiger partial charge in [-0.05, 0) is 77.7 Å². The van der Waals surface area contributed by atoms with Crippen LogP contribution < -0.4 is 0 Å². The van der Waals surface area contributed by atoms with Crippen LogP contribution in [-0.2, 0) is 0 Å². The van der Waals surface area contributed by atoms with E-state index in [4.69, 9.17) is 0 Å². The van der Waals surface area contributed by atoms with Crippen LogP contribution in [0.1, 0.15) is 5.69 Å². The summed E-state index contributed by atoms with van der Waals surface area (Å²) >= 11 is 0. The molecule has 0 bridgehead atoms. The van der Waals surface area contributed by atoms with Gasteiger partial charge in [-0.15, -0.1) is 0 Å². The van der Waals surface area contributed by atoms with Crippen molar-refractivity contribution in [3.8, 4) is 22.3 Å². The van der Waals surface area contributed by atoms with E-state index in [-0.39, 0.29) is 0 Å². The van der Waals surface area contributed by atoms with Crippen molar-refractivity contribution in [3.63, 3.8) is 0 Å². The van der Waals surface area contributed by atoms with Crippen molar-refractivity contribution in [2.45, 2.75) is 6.92 Å². The van der Waals surface area contributed by atoms with Gasteiger partial charge < -0.3 is 4.40 Å². The lowest BCUT2D eigenvalue weighted by Gasteiger charge is -2.09. The molecule has 4 heterocycles. The number of hydrogen-bond acceptors (Lipinski definition) is 2. The van der Waals surface area contributed by atoms with Crippen molar-refractivity contribution in [3.05, 3.63) is 115 Å². The highest BCUT2D eigenvalue weighted by atomic mass is 14.9. The number of nitrogens with zero attached hydrogens (tertiary/aromatic N) is 3. The molecule has 0 N–H and O–H groups in total. The Labute approximate surface area is 207 Å². The first-order valence-electron chi connectivity index (χ1n) is 12.3. The summed E-state index contributed by atoms with van der Waals surface area (Å²) in [5.41, 5.74) is 10.4. The number of aryl methyl sites for hydroxylation is 1. The van der Waals surface area contributed by atoms with Gasteiger partial charge in [0.2, 0.25) is 0 Å². The molecule has 0 atom stereocenters. The molecular formula is C33H21N3. The average Bonchev–Trinajstić information content (AvgIpc) is 3.44. The zero-order valence-electron chi connectivity index (χ0n) is 19.7. The quantitative estimate of drug-likeness (QED) is 0.260. The van der Waals surface area contributed by atoms with E-state index in [0.717, 1.165) is 16.7 Å². The molecule has 0 saturated heterocycles. The van der Waals surface area contributed by atoms with E-state index in [2.05, 4.69) is 111 Å². The monoisotopic (exact) mass is 459 g/mol. The summed E-state index contributed by atoms with van der Waals surface area (Å²) in [5, 5.41) is 6.19. The van der Waals surface area contributed by atoms with Gasteiger partial charge in [0.25, 0.3) is 0 Å². The molecule has 168 valence electrons. The van der Waals surface area contributed by atoms with Gasteiger partial charge in [-0.1, -0.05) is 54.6 Å². The average molecular weight is 460 g/mol. The highest BCUT2D eigenvalue weighted by Gasteiger charge is 2.20.